The molecular weight excluding hydrogens is 316 g/mol. The van der Waals surface area contributed by atoms with Crippen LogP contribution in [-0.4, -0.2) is 45.8 Å². The van der Waals surface area contributed by atoms with Gasteiger partial charge in [-0.25, -0.2) is 9.78 Å². The number of nitrogens with zero attached hydrogens (tertiary/aromatic N) is 3. The monoisotopic (exact) mass is 346 g/mol. The van der Waals surface area contributed by atoms with E-state index in [-0.39, 0.29) is 12.2 Å². The van der Waals surface area contributed by atoms with Crippen molar-refractivity contribution in [2.75, 3.05) is 13.1 Å². The summed E-state index contributed by atoms with van der Waals surface area (Å²) in [5, 5.41) is 3.08. The summed E-state index contributed by atoms with van der Waals surface area (Å²) in [7, 11) is 2.06. The number of hydrogen-bond donors (Lipinski definition) is 1. The molecule has 1 spiro atoms. The standard InChI is InChI=1S/C19H30N4O2/c1-22-11-8-20-17(22)14-23-9-6-19(7-10-23)12-15(13-19)21-18(24)25-16-4-2-3-5-16/h8,11,15-16H,2-7,9-10,12-14H2,1H3,(H,21,24). The summed E-state index contributed by atoms with van der Waals surface area (Å²) in [6.45, 7) is 3.20. The third-order valence-corrected chi connectivity index (χ3v) is 6.46. The van der Waals surface area contributed by atoms with Crippen molar-refractivity contribution in [3.63, 3.8) is 0 Å². The van der Waals surface area contributed by atoms with Crippen LogP contribution in [0.5, 0.6) is 0 Å². The van der Waals surface area contributed by atoms with E-state index in [0.717, 1.165) is 51.1 Å². The summed E-state index contributed by atoms with van der Waals surface area (Å²) in [6.07, 6.45) is 13.0. The summed E-state index contributed by atoms with van der Waals surface area (Å²) in [5.74, 6) is 1.14. The van der Waals surface area contributed by atoms with Gasteiger partial charge in [-0.1, -0.05) is 0 Å². The smallest absolute Gasteiger partial charge is 0.407 e. The van der Waals surface area contributed by atoms with Crippen LogP contribution in [-0.2, 0) is 18.3 Å². The molecule has 1 aliphatic heterocycles. The maximum Gasteiger partial charge on any atom is 0.407 e. The lowest BCUT2D eigenvalue weighted by atomic mass is 9.60. The lowest BCUT2D eigenvalue weighted by molar-refractivity contribution is 0.000264. The number of ether oxygens (including phenoxy) is 1. The molecule has 0 bridgehead atoms. The lowest BCUT2D eigenvalue weighted by Gasteiger charge is -2.52. The number of amides is 1. The van der Waals surface area contributed by atoms with Crippen LogP contribution in [0, 0.1) is 5.41 Å². The number of imidazole rings is 1. The SMILES string of the molecule is Cn1ccnc1CN1CCC2(CC1)CC(NC(=O)OC1CCCC1)C2. The van der Waals surface area contributed by atoms with Crippen LogP contribution in [0.3, 0.4) is 0 Å². The summed E-state index contributed by atoms with van der Waals surface area (Å²) in [6, 6.07) is 0.315. The number of hydrogen-bond acceptors (Lipinski definition) is 4. The van der Waals surface area contributed by atoms with Crippen molar-refractivity contribution >= 4 is 6.09 Å². The van der Waals surface area contributed by atoms with Gasteiger partial charge in [0.1, 0.15) is 11.9 Å². The Morgan fingerprint density at radius 3 is 2.68 bits per heavy atom. The molecule has 2 heterocycles. The number of alkyl carbamates (subject to hydrolysis) is 1. The average molecular weight is 346 g/mol. The first-order valence-corrected chi connectivity index (χ1v) is 9.78. The molecule has 1 aromatic heterocycles. The molecule has 3 aliphatic rings. The van der Waals surface area contributed by atoms with Crippen LogP contribution in [0.2, 0.25) is 0 Å². The molecule has 138 valence electrons. The van der Waals surface area contributed by atoms with Gasteiger partial charge in [-0.3, -0.25) is 4.90 Å². The highest BCUT2D eigenvalue weighted by Gasteiger charge is 2.46. The first-order valence-electron chi connectivity index (χ1n) is 9.78. The van der Waals surface area contributed by atoms with E-state index in [9.17, 15) is 4.79 Å². The zero-order valence-corrected chi connectivity index (χ0v) is 15.2. The van der Waals surface area contributed by atoms with E-state index in [1.54, 1.807) is 0 Å². The highest BCUT2D eigenvalue weighted by Crippen LogP contribution is 2.49. The maximum atomic E-state index is 12.0. The molecule has 0 radical (unpaired) electrons. The van der Waals surface area contributed by atoms with E-state index in [2.05, 4.69) is 26.8 Å². The van der Waals surface area contributed by atoms with Crippen molar-refractivity contribution in [1.29, 1.82) is 0 Å². The number of aryl methyl sites for hydroxylation is 1. The van der Waals surface area contributed by atoms with Gasteiger partial charge in [0.25, 0.3) is 0 Å². The van der Waals surface area contributed by atoms with Crippen molar-refractivity contribution in [2.45, 2.75) is 70.1 Å². The van der Waals surface area contributed by atoms with E-state index in [1.165, 1.54) is 25.7 Å². The van der Waals surface area contributed by atoms with Gasteiger partial charge in [0.05, 0.1) is 6.54 Å². The Bertz CT molecular complexity index is 592. The zero-order chi connectivity index (χ0) is 17.3. The molecule has 1 saturated heterocycles. The predicted octanol–water partition coefficient (Wildman–Crippen LogP) is 2.83. The number of nitrogens with one attached hydrogen (secondary N) is 1. The third-order valence-electron chi connectivity index (χ3n) is 6.46. The van der Waals surface area contributed by atoms with E-state index >= 15 is 0 Å². The fourth-order valence-electron chi connectivity index (χ4n) is 4.79. The normalized spacial score (nSPS) is 24.4. The minimum atomic E-state index is -0.195. The van der Waals surface area contributed by atoms with Crippen LogP contribution in [0.4, 0.5) is 4.79 Å². The largest absolute Gasteiger partial charge is 0.446 e. The van der Waals surface area contributed by atoms with E-state index in [4.69, 9.17) is 4.74 Å². The van der Waals surface area contributed by atoms with Gasteiger partial charge in [0, 0.05) is 25.5 Å². The molecule has 1 aromatic rings. The molecule has 0 aromatic carbocycles. The first kappa shape index (κ1) is 16.9. The summed E-state index contributed by atoms with van der Waals surface area (Å²) in [4.78, 5) is 18.9. The molecule has 25 heavy (non-hydrogen) atoms. The highest BCUT2D eigenvalue weighted by atomic mass is 16.6. The second kappa shape index (κ2) is 6.98. The number of piperidine rings is 1. The van der Waals surface area contributed by atoms with Crippen LogP contribution >= 0.6 is 0 Å². The van der Waals surface area contributed by atoms with Crippen LogP contribution in [0.25, 0.3) is 0 Å². The molecule has 6 nitrogen and oxygen atoms in total. The van der Waals surface area contributed by atoms with Crippen molar-refractivity contribution < 1.29 is 9.53 Å². The first-order chi connectivity index (χ1) is 12.1. The quantitative estimate of drug-likeness (QED) is 0.911. The van der Waals surface area contributed by atoms with Crippen molar-refractivity contribution in [1.82, 2.24) is 19.8 Å². The Morgan fingerprint density at radius 1 is 1.32 bits per heavy atom. The summed E-state index contributed by atoms with van der Waals surface area (Å²) < 4.78 is 7.61. The van der Waals surface area contributed by atoms with Crippen LogP contribution in [0.1, 0.15) is 57.2 Å². The van der Waals surface area contributed by atoms with Crippen molar-refractivity contribution in [2.24, 2.45) is 12.5 Å². The van der Waals surface area contributed by atoms with E-state index < -0.39 is 0 Å². The third kappa shape index (κ3) is 3.84. The van der Waals surface area contributed by atoms with Gasteiger partial charge < -0.3 is 14.6 Å². The fraction of sp³-hybridized carbons (Fsp3) is 0.789. The topological polar surface area (TPSA) is 59.4 Å². The van der Waals surface area contributed by atoms with Crippen molar-refractivity contribution in [3.8, 4) is 0 Å². The second-order valence-electron chi connectivity index (χ2n) is 8.29. The average Bonchev–Trinajstić information content (AvgIpc) is 3.20. The molecule has 0 atom stereocenters. The van der Waals surface area contributed by atoms with Gasteiger partial charge in [0.15, 0.2) is 0 Å². The predicted molar refractivity (Wildman–Crippen MR) is 95.0 cm³/mol. The molecule has 2 aliphatic carbocycles. The molecule has 1 amide bonds. The van der Waals surface area contributed by atoms with Gasteiger partial charge in [-0.2, -0.15) is 0 Å². The maximum absolute atomic E-state index is 12.0. The lowest BCUT2D eigenvalue weighted by Crippen LogP contribution is -2.55. The molecule has 4 rings (SSSR count). The molecule has 3 fully saturated rings. The van der Waals surface area contributed by atoms with Crippen LogP contribution in [0.15, 0.2) is 12.4 Å². The molecule has 1 N–H and O–H groups in total. The summed E-state index contributed by atoms with van der Waals surface area (Å²) >= 11 is 0. The van der Waals surface area contributed by atoms with Crippen LogP contribution < -0.4 is 5.32 Å². The minimum Gasteiger partial charge on any atom is -0.446 e. The molecule has 0 unspecified atom stereocenters. The second-order valence-corrected chi connectivity index (χ2v) is 8.29. The Morgan fingerprint density at radius 2 is 2.04 bits per heavy atom. The Hall–Kier alpha value is -1.56. The van der Waals surface area contributed by atoms with Gasteiger partial charge >= 0.3 is 6.09 Å². The Balaban J connectivity index is 1.17. The highest BCUT2D eigenvalue weighted by molar-refractivity contribution is 5.68. The number of rotatable bonds is 4. The number of carbonyl (C=O) groups excluding carboxylic acids is 1. The summed E-state index contributed by atoms with van der Waals surface area (Å²) in [5.41, 5.74) is 0.448. The van der Waals surface area contributed by atoms with E-state index in [0.29, 0.717) is 11.5 Å². The van der Waals surface area contributed by atoms with Crippen molar-refractivity contribution in [3.05, 3.63) is 18.2 Å². The Labute approximate surface area is 149 Å². The number of likely N-dealkylation sites (tertiary alicyclic amines) is 1. The van der Waals surface area contributed by atoms with Gasteiger partial charge in [0.2, 0.25) is 0 Å². The molecule has 2 saturated carbocycles. The molecule has 6 heteroatoms. The zero-order valence-electron chi connectivity index (χ0n) is 15.2. The van der Waals surface area contributed by atoms with E-state index in [1.807, 2.05) is 12.4 Å². The molecular formula is C19H30N4O2. The number of carbonyl (C=O) groups is 1. The van der Waals surface area contributed by atoms with Gasteiger partial charge in [-0.15, -0.1) is 0 Å². The fourth-order valence-corrected chi connectivity index (χ4v) is 4.79. The Kier molecular flexibility index (Phi) is 4.71. The minimum absolute atomic E-state index is 0.156. The number of aromatic nitrogens is 2. The van der Waals surface area contributed by atoms with Gasteiger partial charge in [-0.05, 0) is 69.9 Å².